The van der Waals surface area contributed by atoms with Crippen LogP contribution in [0.1, 0.15) is 99.1 Å². The third-order valence-corrected chi connectivity index (χ3v) is 23.3. The minimum Gasteiger partial charge on any atom is -0.623 e. The lowest BCUT2D eigenvalue weighted by atomic mass is 9.93. The number of esters is 1. The Morgan fingerprint density at radius 3 is 1.89 bits per heavy atom. The number of ketones is 1. The predicted molar refractivity (Wildman–Crippen MR) is 269 cm³/mol. The second kappa shape index (κ2) is 23.7. The molecular weight excluding hydrogens is 993 g/mol. The molecule has 4 aliphatic rings. The molecule has 364 valence electrons. The van der Waals surface area contributed by atoms with Crippen molar-refractivity contribution in [3.05, 3.63) is 73.8 Å². The number of ether oxygens (including phenoxy) is 3. The minimum atomic E-state index is -1.93. The number of carbonyl (C=O) groups excluding carboxylic acids is 2. The number of aliphatic hydroxyl groups is 1. The Morgan fingerprint density at radius 1 is 0.892 bits per heavy atom. The van der Waals surface area contributed by atoms with Crippen LogP contribution in [0.25, 0.3) is 0 Å². The maximum absolute atomic E-state index is 12.7. The molecule has 1 N–H and O–H groups in total. The number of rotatable bonds is 18. The summed E-state index contributed by atoms with van der Waals surface area (Å²) in [6, 6.07) is 11.2. The van der Waals surface area contributed by atoms with Gasteiger partial charge in [-0.05, 0) is 138 Å². The number of fused-ring (bicyclic) bond motifs is 1. The highest BCUT2D eigenvalue weighted by Gasteiger charge is 2.57. The lowest BCUT2D eigenvalue weighted by molar-refractivity contribution is -0.469. The normalized spacial score (nSPS) is 22.1. The van der Waals surface area contributed by atoms with Gasteiger partial charge < -0.3 is 33.4 Å². The van der Waals surface area contributed by atoms with Crippen LogP contribution < -0.4 is 9.47 Å². The van der Waals surface area contributed by atoms with E-state index in [1.165, 1.54) is 32.6 Å². The van der Waals surface area contributed by atoms with Crippen molar-refractivity contribution in [3.8, 4) is 11.5 Å². The van der Waals surface area contributed by atoms with Crippen LogP contribution in [0.2, 0.25) is 36.3 Å². The first-order valence-electron chi connectivity index (χ1n) is 23.1. The van der Waals surface area contributed by atoms with E-state index in [1.807, 2.05) is 49.4 Å². The summed E-state index contributed by atoms with van der Waals surface area (Å²) in [7, 11) is -3.54. The summed E-state index contributed by atoms with van der Waals surface area (Å²) in [5, 5.41) is 22.8. The largest absolute Gasteiger partial charge is 0.623 e. The third kappa shape index (κ3) is 16.9. The van der Waals surface area contributed by atoms with E-state index in [-0.39, 0.29) is 52.6 Å². The highest BCUT2D eigenvalue weighted by molar-refractivity contribution is 9.11. The fraction of sp³-hybridized carbons (Fsp3) is 0.653. The molecule has 2 saturated heterocycles. The van der Waals surface area contributed by atoms with E-state index in [2.05, 4.69) is 99.6 Å². The molecule has 2 saturated carbocycles. The van der Waals surface area contributed by atoms with Crippen LogP contribution in [-0.4, -0.2) is 100 Å². The van der Waals surface area contributed by atoms with Crippen molar-refractivity contribution in [2.24, 2.45) is 17.8 Å². The molecule has 16 heteroatoms. The smallest absolute Gasteiger partial charge is 0.326 e. The fourth-order valence-electron chi connectivity index (χ4n) is 6.61. The zero-order valence-corrected chi connectivity index (χ0v) is 46.3. The Bertz CT molecular complexity index is 1960. The van der Waals surface area contributed by atoms with Gasteiger partial charge in [0.1, 0.15) is 29.7 Å². The molecule has 0 bridgehead atoms. The number of hydrogen-bond donors (Lipinski definition) is 1. The molecule has 6 rings (SSSR count). The first kappa shape index (κ1) is 55.2. The third-order valence-electron chi connectivity index (χ3n) is 13.0. The number of aliphatic hydroxyl groups excluding tert-OH is 1. The number of hydroxylamine groups is 3. The van der Waals surface area contributed by atoms with Crippen LogP contribution >= 0.6 is 31.9 Å². The summed E-state index contributed by atoms with van der Waals surface area (Å²) < 4.78 is 32.3. The van der Waals surface area contributed by atoms with E-state index in [1.54, 1.807) is 18.1 Å². The van der Waals surface area contributed by atoms with E-state index >= 15 is 0 Å². The molecule has 0 aromatic heterocycles. The molecule has 4 fully saturated rings. The van der Waals surface area contributed by atoms with Crippen molar-refractivity contribution >= 4 is 66.5 Å². The number of Topliss-reactive ketones (excluding diaryl/α,β-unsaturated/α-hetero) is 1. The molecule has 2 aliphatic heterocycles. The van der Waals surface area contributed by atoms with Gasteiger partial charge in [-0.2, -0.15) is 5.06 Å². The summed E-state index contributed by atoms with van der Waals surface area (Å²) in [6.45, 7) is 30.4. The molecule has 5 atom stereocenters. The summed E-state index contributed by atoms with van der Waals surface area (Å²) in [4.78, 5) is 30.0. The van der Waals surface area contributed by atoms with Crippen molar-refractivity contribution in [3.63, 3.8) is 0 Å². The molecule has 65 heavy (non-hydrogen) atoms. The monoisotopic (exact) mass is 1070 g/mol. The second-order valence-corrected chi connectivity index (χ2v) is 32.3. The summed E-state index contributed by atoms with van der Waals surface area (Å²) in [5.41, 5.74) is 1.78. The molecule has 1 unspecified atom stereocenters. The van der Waals surface area contributed by atoms with E-state index in [0.29, 0.717) is 48.7 Å². The molecule has 2 aliphatic carbocycles. The molecule has 12 nitrogen and oxygen atoms in total. The van der Waals surface area contributed by atoms with Gasteiger partial charge in [-0.1, -0.05) is 71.9 Å². The Labute approximate surface area is 407 Å². The number of cyclic esters (lactones) is 1. The van der Waals surface area contributed by atoms with E-state index < -0.39 is 22.7 Å². The predicted octanol–water partition coefficient (Wildman–Crippen LogP) is 11.2. The summed E-state index contributed by atoms with van der Waals surface area (Å²) in [6.07, 6.45) is 8.81. The molecule has 0 amide bonds. The maximum Gasteiger partial charge on any atom is 0.326 e. The Hall–Kier alpha value is -2.42. The van der Waals surface area contributed by atoms with Crippen molar-refractivity contribution in [1.82, 2.24) is 5.06 Å². The van der Waals surface area contributed by atoms with Gasteiger partial charge in [-0.15, -0.1) is 0 Å². The first-order chi connectivity index (χ1) is 30.2. The Balaban J connectivity index is 0.000000238. The average Bonchev–Trinajstić information content (AvgIpc) is 4.12. The molecule has 0 spiro atoms. The lowest BCUT2D eigenvalue weighted by Gasteiger charge is -2.37. The first-order valence-corrected chi connectivity index (χ1v) is 30.5. The summed E-state index contributed by atoms with van der Waals surface area (Å²) in [5.74, 6) is 2.32. The van der Waals surface area contributed by atoms with Crippen LogP contribution in [0.3, 0.4) is 0 Å². The molecule has 2 aromatic rings. The van der Waals surface area contributed by atoms with Crippen molar-refractivity contribution in [2.45, 2.75) is 162 Å². The van der Waals surface area contributed by atoms with Crippen LogP contribution in [0, 0.1) is 23.0 Å². The van der Waals surface area contributed by atoms with Gasteiger partial charge in [0.25, 0.3) is 0 Å². The van der Waals surface area contributed by atoms with Crippen LogP contribution in [-0.2, 0) is 41.1 Å². The zero-order chi connectivity index (χ0) is 48.5. The standard InChI is InChI=1S/C24H36BrNO5Si.C14H16BrNO3.C11H24O2Si/c1-15-20-19(14-29-32(5,6)24(2,3)4)31-26(21(20)23(27)30-15)12-17-8-7-9-18(25)22(17)28-13-16-10-11-16;1-10(17)7-16(18)8-12-3-2-4-13(15)14(12)19-9-11-5-6-11;1-10(12)8-7-9-13-14(5,6)11(2,3)4/h7-9,15-16,19-21H,10-14H2,1-6H3;2-4,7,11H,5-6,8-9H2,1H3;7-8,10,12H,9H2,1-6H3/b;16-7-;8-7-/t15-,19-,20+,21-;;/m0../s1. The number of para-hydroxylation sites is 2. The van der Waals surface area contributed by atoms with Crippen LogP contribution in [0.15, 0.2) is 57.5 Å². The number of halogens is 2. The van der Waals surface area contributed by atoms with Gasteiger partial charge in [0.15, 0.2) is 23.2 Å². The van der Waals surface area contributed by atoms with Crippen LogP contribution in [0.4, 0.5) is 0 Å². The second-order valence-electron chi connectivity index (χ2n) is 21.0. The zero-order valence-electron chi connectivity index (χ0n) is 41.1. The highest BCUT2D eigenvalue weighted by Crippen LogP contribution is 2.43. The topological polar surface area (TPSA) is 139 Å². The number of benzene rings is 2. The van der Waals surface area contributed by atoms with Gasteiger partial charge in [0.05, 0.1) is 59.5 Å². The highest BCUT2D eigenvalue weighted by atomic mass is 79.9. The van der Waals surface area contributed by atoms with Crippen LogP contribution in [0.5, 0.6) is 11.5 Å². The van der Waals surface area contributed by atoms with E-state index in [0.717, 1.165) is 38.6 Å². The summed E-state index contributed by atoms with van der Waals surface area (Å²) >= 11 is 7.07. The Morgan fingerprint density at radius 2 is 1.40 bits per heavy atom. The quantitative estimate of drug-likeness (QED) is 0.0290. The molecule has 2 heterocycles. The van der Waals surface area contributed by atoms with Gasteiger partial charge in [0, 0.05) is 12.5 Å². The van der Waals surface area contributed by atoms with Gasteiger partial charge >= 0.3 is 5.97 Å². The average molecular weight is 1070 g/mol. The Kier molecular flexibility index (Phi) is 20.2. The maximum atomic E-state index is 12.7. The number of carbonyl (C=O) groups is 2. The molecular formula is C49H76Br2N2O10Si2. The van der Waals surface area contributed by atoms with Gasteiger partial charge in [-0.25, -0.2) is 4.74 Å². The van der Waals surface area contributed by atoms with E-state index in [9.17, 15) is 14.8 Å². The SMILES string of the molecule is CC(=O)/C=[N+](\[O-])Cc1cccc(Br)c1OCC1CC1.CC(O)/C=C\CO[Si](C)(C)C(C)(C)C.C[C@@H]1OC(=O)[C@@H]2[C@H]1[C@H](CO[Si](C)(C)C(C)(C)C)ON2Cc1cccc(Br)c1OCC1CC1. The van der Waals surface area contributed by atoms with E-state index in [4.69, 9.17) is 33.0 Å². The molecule has 2 aromatic carbocycles. The number of hydrogen-bond acceptors (Lipinski definition) is 11. The minimum absolute atomic E-state index is 0.0461. The number of nitrogens with zero attached hydrogens (tertiary/aromatic N) is 2. The molecule has 0 radical (unpaired) electrons. The van der Waals surface area contributed by atoms with Gasteiger partial charge in [-0.3, -0.25) is 14.4 Å². The van der Waals surface area contributed by atoms with Crippen molar-refractivity contribution in [2.75, 3.05) is 26.4 Å². The van der Waals surface area contributed by atoms with Crippen molar-refractivity contribution in [1.29, 1.82) is 0 Å². The van der Waals surface area contributed by atoms with Crippen molar-refractivity contribution < 1.29 is 47.3 Å². The lowest BCUT2D eigenvalue weighted by Crippen LogP contribution is -2.44. The van der Waals surface area contributed by atoms with Gasteiger partial charge in [0.2, 0.25) is 12.0 Å². The fourth-order valence-corrected chi connectivity index (χ4v) is 9.62.